The van der Waals surface area contributed by atoms with Crippen molar-refractivity contribution in [2.24, 2.45) is 0 Å². The van der Waals surface area contributed by atoms with Gasteiger partial charge in [0.05, 0.1) is 0 Å². The second-order valence-corrected chi connectivity index (χ2v) is 7.13. The van der Waals surface area contributed by atoms with E-state index in [1.165, 1.54) is 6.07 Å². The summed E-state index contributed by atoms with van der Waals surface area (Å²) in [5.41, 5.74) is 5.95. The number of phenolic OH excluding ortho intramolecular Hbond substituents is 1. The van der Waals surface area contributed by atoms with Crippen molar-refractivity contribution in [1.82, 2.24) is 0 Å². The summed E-state index contributed by atoms with van der Waals surface area (Å²) >= 11 is 0. The number of rotatable bonds is 1. The lowest BCUT2D eigenvalue weighted by Gasteiger charge is -2.27. The molecule has 0 unspecified atom stereocenters. The van der Waals surface area contributed by atoms with Crippen LogP contribution in [-0.4, -0.2) is 5.11 Å². The van der Waals surface area contributed by atoms with Gasteiger partial charge in [-0.25, -0.2) is 8.78 Å². The lowest BCUT2D eigenvalue weighted by atomic mass is 9.78. The summed E-state index contributed by atoms with van der Waals surface area (Å²) < 4.78 is 28.9. The van der Waals surface area contributed by atoms with Gasteiger partial charge in [0, 0.05) is 5.56 Å². The Kier molecular flexibility index (Phi) is 3.82. The number of hydrogen-bond acceptors (Lipinski definition) is 1. The summed E-state index contributed by atoms with van der Waals surface area (Å²) in [6.07, 6.45) is 7.57. The van der Waals surface area contributed by atoms with E-state index in [0.717, 1.165) is 79.2 Å². The monoisotopic (exact) mass is 328 g/mol. The van der Waals surface area contributed by atoms with Gasteiger partial charge in [0.2, 0.25) is 0 Å². The minimum Gasteiger partial charge on any atom is -0.504 e. The maximum absolute atomic E-state index is 14.5. The zero-order chi connectivity index (χ0) is 16.8. The van der Waals surface area contributed by atoms with Gasteiger partial charge < -0.3 is 5.11 Å². The number of phenols is 1. The van der Waals surface area contributed by atoms with E-state index in [2.05, 4.69) is 0 Å². The number of aryl methyl sites for hydroxylation is 2. The fraction of sp³-hybridized carbons (Fsp3) is 0.429. The van der Waals surface area contributed by atoms with E-state index >= 15 is 0 Å². The molecule has 0 aromatic heterocycles. The average Bonchev–Trinajstić information content (AvgIpc) is 2.58. The van der Waals surface area contributed by atoms with Gasteiger partial charge in [0.15, 0.2) is 11.6 Å². The van der Waals surface area contributed by atoms with Gasteiger partial charge in [-0.05, 0) is 104 Å². The van der Waals surface area contributed by atoms with Crippen molar-refractivity contribution in [3.63, 3.8) is 0 Å². The smallest absolute Gasteiger partial charge is 0.165 e. The molecule has 3 heteroatoms. The van der Waals surface area contributed by atoms with Crippen LogP contribution in [0.4, 0.5) is 8.78 Å². The Morgan fingerprint density at radius 3 is 1.88 bits per heavy atom. The minimum atomic E-state index is -0.584. The van der Waals surface area contributed by atoms with E-state index < -0.39 is 5.82 Å². The Hall–Kier alpha value is -1.90. The normalized spacial score (nSPS) is 16.6. The van der Waals surface area contributed by atoms with Crippen LogP contribution in [0.25, 0.3) is 11.1 Å². The van der Waals surface area contributed by atoms with E-state index in [-0.39, 0.29) is 11.6 Å². The third kappa shape index (κ3) is 2.33. The molecule has 24 heavy (non-hydrogen) atoms. The summed E-state index contributed by atoms with van der Waals surface area (Å²) in [6, 6.07) is 3.10. The molecule has 1 N–H and O–H groups in total. The molecule has 0 aliphatic heterocycles. The van der Waals surface area contributed by atoms with Gasteiger partial charge in [-0.3, -0.25) is 0 Å². The largest absolute Gasteiger partial charge is 0.504 e. The van der Waals surface area contributed by atoms with Crippen LogP contribution in [0.15, 0.2) is 12.1 Å². The fourth-order valence-corrected chi connectivity index (χ4v) is 4.45. The second-order valence-electron chi connectivity index (χ2n) is 7.13. The highest BCUT2D eigenvalue weighted by Gasteiger charge is 2.27. The van der Waals surface area contributed by atoms with Crippen molar-refractivity contribution in [3.05, 3.63) is 51.6 Å². The zero-order valence-electron chi connectivity index (χ0n) is 14.0. The second kappa shape index (κ2) is 5.87. The highest BCUT2D eigenvalue weighted by Crippen LogP contribution is 2.45. The van der Waals surface area contributed by atoms with Crippen LogP contribution >= 0.6 is 0 Å². The van der Waals surface area contributed by atoms with E-state index in [1.54, 1.807) is 13.0 Å². The average molecular weight is 328 g/mol. The van der Waals surface area contributed by atoms with Crippen LogP contribution in [0.5, 0.6) is 5.75 Å². The number of aromatic hydroxyl groups is 1. The summed E-state index contributed by atoms with van der Waals surface area (Å²) in [5.74, 6) is -1.14. The van der Waals surface area contributed by atoms with Crippen LogP contribution < -0.4 is 0 Å². The molecule has 0 saturated carbocycles. The summed E-state index contributed by atoms with van der Waals surface area (Å²) in [5, 5.41) is 10.5. The van der Waals surface area contributed by atoms with Gasteiger partial charge in [-0.1, -0.05) is 0 Å². The molecule has 0 fully saturated rings. The first-order valence-corrected chi connectivity index (χ1v) is 8.92. The summed E-state index contributed by atoms with van der Waals surface area (Å²) in [7, 11) is 0. The molecule has 0 atom stereocenters. The Morgan fingerprint density at radius 1 is 0.750 bits per heavy atom. The maximum atomic E-state index is 14.5. The highest BCUT2D eigenvalue weighted by molar-refractivity contribution is 5.81. The molecule has 0 amide bonds. The first-order chi connectivity index (χ1) is 11.6. The number of hydrogen-bond donors (Lipinski definition) is 1. The Labute approximate surface area is 141 Å². The number of fused-ring (bicyclic) bond motifs is 2. The lowest BCUT2D eigenvalue weighted by molar-refractivity contribution is 0.431. The van der Waals surface area contributed by atoms with E-state index in [9.17, 15) is 13.9 Å². The molecule has 126 valence electrons. The van der Waals surface area contributed by atoms with Crippen molar-refractivity contribution in [3.8, 4) is 16.9 Å². The van der Waals surface area contributed by atoms with Gasteiger partial charge in [0.1, 0.15) is 5.82 Å². The number of halogens is 2. The maximum Gasteiger partial charge on any atom is 0.165 e. The molecule has 4 rings (SSSR count). The number of benzene rings is 2. The lowest BCUT2D eigenvalue weighted by Crippen LogP contribution is -2.11. The molecule has 2 aromatic carbocycles. The first-order valence-electron chi connectivity index (χ1n) is 8.92. The van der Waals surface area contributed by atoms with Crippen molar-refractivity contribution in [2.45, 2.75) is 58.3 Å². The topological polar surface area (TPSA) is 20.2 Å². The quantitative estimate of drug-likeness (QED) is 0.743. The minimum absolute atomic E-state index is 0.251. The third-order valence-electron chi connectivity index (χ3n) is 5.67. The predicted octanol–water partition coefficient (Wildman–Crippen LogP) is 5.40. The standard InChI is InChI=1S/C21H22F2O/c1-12-17(22)10-13-6-2-4-8-15(13)19(12)20-16-9-5-3-7-14(16)11-18(23)21(20)24/h10-11,24H,2-9H2,1H3. The van der Waals surface area contributed by atoms with E-state index in [1.807, 2.05) is 0 Å². The van der Waals surface area contributed by atoms with Crippen LogP contribution in [0, 0.1) is 18.6 Å². The SMILES string of the molecule is Cc1c(F)cc2c(c1-c1c(O)c(F)cc3c1CCCC3)CCCC2. The molecule has 2 aliphatic carbocycles. The van der Waals surface area contributed by atoms with E-state index in [0.29, 0.717) is 11.1 Å². The molecule has 2 aliphatic rings. The summed E-state index contributed by atoms with van der Waals surface area (Å²) in [4.78, 5) is 0. The summed E-state index contributed by atoms with van der Waals surface area (Å²) in [6.45, 7) is 1.75. The molecule has 1 nitrogen and oxygen atoms in total. The van der Waals surface area contributed by atoms with Crippen LogP contribution in [0.3, 0.4) is 0 Å². The van der Waals surface area contributed by atoms with Crippen LogP contribution in [-0.2, 0) is 25.7 Å². The Bertz CT molecular complexity index is 754. The van der Waals surface area contributed by atoms with Gasteiger partial charge in [0.25, 0.3) is 0 Å². The zero-order valence-corrected chi connectivity index (χ0v) is 14.0. The van der Waals surface area contributed by atoms with Crippen molar-refractivity contribution in [1.29, 1.82) is 0 Å². The molecule has 0 radical (unpaired) electrons. The highest BCUT2D eigenvalue weighted by atomic mass is 19.1. The molecule has 0 saturated heterocycles. The van der Waals surface area contributed by atoms with Crippen molar-refractivity contribution >= 4 is 0 Å². The molecule has 0 heterocycles. The Morgan fingerprint density at radius 2 is 1.25 bits per heavy atom. The van der Waals surface area contributed by atoms with Crippen molar-refractivity contribution in [2.75, 3.05) is 0 Å². The van der Waals surface area contributed by atoms with Crippen molar-refractivity contribution < 1.29 is 13.9 Å². The van der Waals surface area contributed by atoms with Gasteiger partial charge in [-0.15, -0.1) is 0 Å². The van der Waals surface area contributed by atoms with Gasteiger partial charge >= 0.3 is 0 Å². The Balaban J connectivity index is 2.07. The molecular weight excluding hydrogens is 306 g/mol. The van der Waals surface area contributed by atoms with Crippen LogP contribution in [0.2, 0.25) is 0 Å². The molecule has 0 bridgehead atoms. The molecule has 2 aromatic rings. The predicted molar refractivity (Wildman–Crippen MR) is 91.5 cm³/mol. The molecular formula is C21H22F2O. The van der Waals surface area contributed by atoms with E-state index in [4.69, 9.17) is 0 Å². The third-order valence-corrected chi connectivity index (χ3v) is 5.67. The van der Waals surface area contributed by atoms with Gasteiger partial charge in [-0.2, -0.15) is 0 Å². The molecule has 0 spiro atoms. The first kappa shape index (κ1) is 15.6. The van der Waals surface area contributed by atoms with Crippen LogP contribution in [0.1, 0.15) is 53.5 Å². The fourth-order valence-electron chi connectivity index (χ4n) is 4.45.